The number of anilines is 1. The molecular formula is C22H25N3O3. The fourth-order valence-corrected chi connectivity index (χ4v) is 3.25. The molecule has 0 radical (unpaired) electrons. The molecule has 0 spiro atoms. The fraction of sp³-hybridized carbons (Fsp3) is 0.318. The summed E-state index contributed by atoms with van der Waals surface area (Å²) >= 11 is 0. The highest BCUT2D eigenvalue weighted by atomic mass is 16.5. The molecule has 28 heavy (non-hydrogen) atoms. The van der Waals surface area contributed by atoms with Crippen molar-refractivity contribution in [3.05, 3.63) is 66.4 Å². The minimum absolute atomic E-state index is 0.0681. The number of nitrogens with one attached hydrogen (secondary N) is 1. The van der Waals surface area contributed by atoms with Gasteiger partial charge in [-0.2, -0.15) is 0 Å². The third-order valence-corrected chi connectivity index (χ3v) is 4.69. The topological polar surface area (TPSA) is 71.5 Å². The van der Waals surface area contributed by atoms with E-state index in [1.54, 1.807) is 41.3 Å². The van der Waals surface area contributed by atoms with Crippen LogP contribution in [-0.4, -0.2) is 41.4 Å². The first kappa shape index (κ1) is 19.6. The van der Waals surface area contributed by atoms with Crippen molar-refractivity contribution in [3.8, 4) is 5.75 Å². The second-order valence-electron chi connectivity index (χ2n) is 6.87. The third kappa shape index (κ3) is 4.97. The van der Waals surface area contributed by atoms with Crippen molar-refractivity contribution in [2.24, 2.45) is 5.92 Å². The normalized spacial score (nSPS) is 16.3. The number of hydrogen-bond acceptors (Lipinski definition) is 4. The van der Waals surface area contributed by atoms with Gasteiger partial charge in [0.15, 0.2) is 0 Å². The van der Waals surface area contributed by atoms with Gasteiger partial charge in [0, 0.05) is 24.3 Å². The molecule has 146 valence electrons. The highest BCUT2D eigenvalue weighted by Gasteiger charge is 2.29. The van der Waals surface area contributed by atoms with Crippen LogP contribution in [0.2, 0.25) is 0 Å². The molecule has 6 heteroatoms. The Morgan fingerprint density at radius 3 is 2.79 bits per heavy atom. The second-order valence-corrected chi connectivity index (χ2v) is 6.87. The highest BCUT2D eigenvalue weighted by molar-refractivity contribution is 5.96. The number of nitrogens with zero attached hydrogens (tertiary/aromatic N) is 2. The standard InChI is InChI=1S/C22H25N3O3/c1-3-14-28-19-11-9-17(10-12-19)22(27)25-13-5-7-18(15-25)21(26)24-20-8-4-6-16(2)23-20/h3-4,6,8-12,18H,1,5,7,13-15H2,2H3,(H,23,24,26). The molecular weight excluding hydrogens is 354 g/mol. The van der Waals surface area contributed by atoms with Crippen molar-refractivity contribution in [2.75, 3.05) is 25.0 Å². The Morgan fingerprint density at radius 1 is 1.29 bits per heavy atom. The summed E-state index contributed by atoms with van der Waals surface area (Å²) < 4.78 is 5.45. The number of amides is 2. The molecule has 1 unspecified atom stereocenters. The number of benzene rings is 1. The van der Waals surface area contributed by atoms with E-state index >= 15 is 0 Å². The van der Waals surface area contributed by atoms with E-state index in [9.17, 15) is 9.59 Å². The van der Waals surface area contributed by atoms with Gasteiger partial charge in [0.1, 0.15) is 18.2 Å². The molecule has 0 saturated carbocycles. The molecule has 1 aromatic carbocycles. The third-order valence-electron chi connectivity index (χ3n) is 4.69. The zero-order valence-electron chi connectivity index (χ0n) is 16.1. The summed E-state index contributed by atoms with van der Waals surface area (Å²) in [4.78, 5) is 31.5. The molecule has 1 fully saturated rings. The molecule has 2 aromatic rings. The maximum absolute atomic E-state index is 12.8. The number of ether oxygens (including phenoxy) is 1. The lowest BCUT2D eigenvalue weighted by molar-refractivity contribution is -0.121. The number of carbonyl (C=O) groups is 2. The molecule has 1 atom stereocenters. The number of pyridine rings is 1. The van der Waals surface area contributed by atoms with Gasteiger partial charge in [-0.25, -0.2) is 4.98 Å². The van der Waals surface area contributed by atoms with E-state index in [0.29, 0.717) is 36.8 Å². The van der Waals surface area contributed by atoms with Gasteiger partial charge >= 0.3 is 0 Å². The number of hydrogen-bond donors (Lipinski definition) is 1. The van der Waals surface area contributed by atoms with E-state index in [1.807, 2.05) is 19.1 Å². The van der Waals surface area contributed by atoms with Gasteiger partial charge < -0.3 is 15.0 Å². The van der Waals surface area contributed by atoms with E-state index in [2.05, 4.69) is 16.9 Å². The van der Waals surface area contributed by atoms with E-state index in [1.165, 1.54) is 0 Å². The van der Waals surface area contributed by atoms with Crippen LogP contribution in [0.15, 0.2) is 55.1 Å². The van der Waals surface area contributed by atoms with Gasteiger partial charge in [0.2, 0.25) is 5.91 Å². The van der Waals surface area contributed by atoms with Crippen molar-refractivity contribution in [1.82, 2.24) is 9.88 Å². The minimum atomic E-state index is -0.241. The van der Waals surface area contributed by atoms with Crippen LogP contribution in [0.4, 0.5) is 5.82 Å². The number of piperidine rings is 1. The van der Waals surface area contributed by atoms with Gasteiger partial charge in [0.05, 0.1) is 5.92 Å². The first-order chi connectivity index (χ1) is 13.6. The summed E-state index contributed by atoms with van der Waals surface area (Å²) in [5.41, 5.74) is 1.44. The van der Waals surface area contributed by atoms with Crippen LogP contribution >= 0.6 is 0 Å². The zero-order chi connectivity index (χ0) is 19.9. The molecule has 0 bridgehead atoms. The summed E-state index contributed by atoms with van der Waals surface area (Å²) in [6.07, 6.45) is 3.23. The lowest BCUT2D eigenvalue weighted by Crippen LogP contribution is -2.43. The Labute approximate surface area is 165 Å². The Bertz CT molecular complexity index is 848. The second kappa shape index (κ2) is 9.17. The molecule has 2 amide bonds. The first-order valence-electron chi connectivity index (χ1n) is 9.44. The average molecular weight is 379 g/mol. The molecule has 1 N–H and O–H groups in total. The quantitative estimate of drug-likeness (QED) is 0.781. The largest absolute Gasteiger partial charge is 0.490 e. The maximum Gasteiger partial charge on any atom is 0.253 e. The summed E-state index contributed by atoms with van der Waals surface area (Å²) in [7, 11) is 0. The summed E-state index contributed by atoms with van der Waals surface area (Å²) in [5, 5.41) is 2.87. The van der Waals surface area contributed by atoms with E-state index in [-0.39, 0.29) is 17.7 Å². The molecule has 1 saturated heterocycles. The van der Waals surface area contributed by atoms with E-state index < -0.39 is 0 Å². The predicted molar refractivity (Wildman–Crippen MR) is 108 cm³/mol. The van der Waals surface area contributed by atoms with Gasteiger partial charge in [-0.05, 0) is 56.2 Å². The predicted octanol–water partition coefficient (Wildman–Crippen LogP) is 3.45. The minimum Gasteiger partial charge on any atom is -0.490 e. The summed E-state index contributed by atoms with van der Waals surface area (Å²) in [6.45, 7) is 6.97. The Hall–Kier alpha value is -3.15. The lowest BCUT2D eigenvalue weighted by atomic mass is 9.96. The Kier molecular flexibility index (Phi) is 6.42. The van der Waals surface area contributed by atoms with E-state index in [0.717, 1.165) is 18.5 Å². The molecule has 0 aliphatic carbocycles. The zero-order valence-corrected chi connectivity index (χ0v) is 16.1. The van der Waals surface area contributed by atoms with Gasteiger partial charge in [-0.3, -0.25) is 9.59 Å². The van der Waals surface area contributed by atoms with Gasteiger partial charge in [-0.15, -0.1) is 0 Å². The summed E-state index contributed by atoms with van der Waals surface area (Å²) in [6, 6.07) is 12.6. The van der Waals surface area contributed by atoms with Crippen LogP contribution < -0.4 is 10.1 Å². The van der Waals surface area contributed by atoms with E-state index in [4.69, 9.17) is 4.74 Å². The van der Waals surface area contributed by atoms with Crippen LogP contribution in [0.25, 0.3) is 0 Å². The van der Waals surface area contributed by atoms with Gasteiger partial charge in [0.25, 0.3) is 5.91 Å². The van der Waals surface area contributed by atoms with Crippen molar-refractivity contribution < 1.29 is 14.3 Å². The SMILES string of the molecule is C=CCOc1ccc(C(=O)N2CCCC(C(=O)Nc3cccc(C)n3)C2)cc1. The average Bonchev–Trinajstić information content (AvgIpc) is 2.72. The smallest absolute Gasteiger partial charge is 0.253 e. The van der Waals surface area contributed by atoms with Crippen LogP contribution in [0.5, 0.6) is 5.75 Å². The van der Waals surface area contributed by atoms with Crippen LogP contribution in [0.3, 0.4) is 0 Å². The van der Waals surface area contributed by atoms with Crippen molar-refractivity contribution in [2.45, 2.75) is 19.8 Å². The molecule has 3 rings (SSSR count). The number of likely N-dealkylation sites (tertiary alicyclic amines) is 1. The molecule has 1 aromatic heterocycles. The molecule has 1 aliphatic heterocycles. The number of aryl methyl sites for hydroxylation is 1. The lowest BCUT2D eigenvalue weighted by Gasteiger charge is -2.32. The fourth-order valence-electron chi connectivity index (χ4n) is 3.25. The number of carbonyl (C=O) groups excluding carboxylic acids is 2. The van der Waals surface area contributed by atoms with Crippen molar-refractivity contribution in [3.63, 3.8) is 0 Å². The Balaban J connectivity index is 1.61. The Morgan fingerprint density at radius 2 is 2.07 bits per heavy atom. The van der Waals surface area contributed by atoms with Gasteiger partial charge in [-0.1, -0.05) is 18.7 Å². The number of rotatable bonds is 6. The molecule has 1 aliphatic rings. The van der Waals surface area contributed by atoms with Crippen LogP contribution in [0.1, 0.15) is 28.9 Å². The molecule has 2 heterocycles. The van der Waals surface area contributed by atoms with Crippen LogP contribution in [0, 0.1) is 12.8 Å². The molecule has 6 nitrogen and oxygen atoms in total. The highest BCUT2D eigenvalue weighted by Crippen LogP contribution is 2.21. The summed E-state index contributed by atoms with van der Waals surface area (Å²) in [5.74, 6) is 0.835. The number of aromatic nitrogens is 1. The van der Waals surface area contributed by atoms with Crippen molar-refractivity contribution >= 4 is 17.6 Å². The monoisotopic (exact) mass is 379 g/mol. The maximum atomic E-state index is 12.8. The first-order valence-corrected chi connectivity index (χ1v) is 9.44. The van der Waals surface area contributed by atoms with Crippen molar-refractivity contribution in [1.29, 1.82) is 0 Å². The van der Waals surface area contributed by atoms with Crippen LogP contribution in [-0.2, 0) is 4.79 Å².